The van der Waals surface area contributed by atoms with Crippen LogP contribution in [-0.2, 0) is 20.9 Å². The van der Waals surface area contributed by atoms with Gasteiger partial charge in [-0.15, -0.1) is 0 Å². The lowest BCUT2D eigenvalue weighted by molar-refractivity contribution is -0.140. The van der Waals surface area contributed by atoms with E-state index in [1.54, 1.807) is 0 Å². The molecule has 1 aromatic heterocycles. The number of amides is 1. The van der Waals surface area contributed by atoms with E-state index in [1.165, 1.54) is 26.0 Å². The molecule has 0 aliphatic rings. The normalized spacial score (nSPS) is 10.2. The Morgan fingerprint density at radius 3 is 2.55 bits per heavy atom. The summed E-state index contributed by atoms with van der Waals surface area (Å²) in [5, 5.41) is 0. The maximum Gasteiger partial charge on any atom is 0.519 e. The topological polar surface area (TPSA) is 99.2 Å². The average molecular weight is 287 g/mol. The number of aryl methyl sites for hydroxylation is 1. The molecule has 0 saturated heterocycles. The van der Waals surface area contributed by atoms with Crippen LogP contribution in [0.4, 0.5) is 4.79 Å². The molecule has 0 aliphatic carbocycles. The summed E-state index contributed by atoms with van der Waals surface area (Å²) < 4.78 is 18.8. The first kappa shape index (κ1) is 15.8. The highest BCUT2D eigenvalue weighted by Crippen LogP contribution is 2.07. The monoisotopic (exact) mass is 287 g/mol. The summed E-state index contributed by atoms with van der Waals surface area (Å²) in [7, 11) is 2.85. The van der Waals surface area contributed by atoms with E-state index in [9.17, 15) is 14.4 Å². The first-order valence-corrected chi connectivity index (χ1v) is 5.98. The molecule has 0 saturated carbocycles. The van der Waals surface area contributed by atoms with E-state index in [0.29, 0.717) is 13.0 Å². The number of hydrogen-bond acceptors (Lipinski definition) is 7. The molecule has 8 nitrogen and oxygen atoms in total. The van der Waals surface area contributed by atoms with Gasteiger partial charge in [0.15, 0.2) is 18.1 Å². The number of ether oxygens (including phenoxy) is 2. The molecule has 0 fully saturated rings. The van der Waals surface area contributed by atoms with Crippen molar-refractivity contribution in [3.05, 3.63) is 22.1 Å². The van der Waals surface area contributed by atoms with Gasteiger partial charge in [-0.2, -0.15) is 0 Å². The van der Waals surface area contributed by atoms with Crippen molar-refractivity contribution in [3.8, 4) is 0 Å². The zero-order valence-electron chi connectivity index (χ0n) is 11.6. The molecule has 112 valence electrons. The smallest absolute Gasteiger partial charge is 0.469 e. The summed E-state index contributed by atoms with van der Waals surface area (Å²) >= 11 is 0. The predicted molar refractivity (Wildman–Crippen MR) is 66.0 cm³/mol. The van der Waals surface area contributed by atoms with Gasteiger partial charge in [0.2, 0.25) is 0 Å². The predicted octanol–water partition coefficient (Wildman–Crippen LogP) is 1.06. The Labute approximate surface area is 115 Å². The zero-order chi connectivity index (χ0) is 15.1. The molecule has 0 spiro atoms. The summed E-state index contributed by atoms with van der Waals surface area (Å²) in [4.78, 5) is 34.6. The van der Waals surface area contributed by atoms with E-state index in [-0.39, 0.29) is 30.5 Å². The van der Waals surface area contributed by atoms with Gasteiger partial charge in [0.1, 0.15) is 0 Å². The molecule has 0 radical (unpaired) electrons. The maximum absolute atomic E-state index is 11.6. The summed E-state index contributed by atoms with van der Waals surface area (Å²) in [6.45, 7) is 1.70. The quantitative estimate of drug-likeness (QED) is 0.721. The fourth-order valence-electron chi connectivity index (χ4n) is 1.40. The summed E-state index contributed by atoms with van der Waals surface area (Å²) in [6.07, 6.45) is 0.111. The highest BCUT2D eigenvalue weighted by atomic mass is 16.6. The van der Waals surface area contributed by atoms with Crippen molar-refractivity contribution in [2.45, 2.75) is 26.4 Å². The highest BCUT2D eigenvalue weighted by Gasteiger charge is 2.14. The SMILES string of the molecule is COC(=O)CCCN(C)C(=O)OCc1oc(=O)oc1C. The van der Waals surface area contributed by atoms with Crippen LogP contribution in [-0.4, -0.2) is 37.7 Å². The van der Waals surface area contributed by atoms with Gasteiger partial charge >= 0.3 is 17.9 Å². The minimum Gasteiger partial charge on any atom is -0.469 e. The standard InChI is InChI=1S/C12H17NO7/c1-8-9(20-12(16)19-8)7-18-11(15)13(2)6-4-5-10(14)17-3/h4-7H2,1-3H3. The number of methoxy groups -OCH3 is 1. The lowest BCUT2D eigenvalue weighted by atomic mass is 10.3. The lowest BCUT2D eigenvalue weighted by Crippen LogP contribution is -2.28. The summed E-state index contributed by atoms with van der Waals surface area (Å²) in [6, 6.07) is 0. The second-order valence-electron chi connectivity index (χ2n) is 4.09. The fraction of sp³-hybridized carbons (Fsp3) is 0.583. The molecule has 0 unspecified atom stereocenters. The van der Waals surface area contributed by atoms with E-state index in [0.717, 1.165) is 0 Å². The van der Waals surface area contributed by atoms with Crippen LogP contribution in [0, 0.1) is 6.92 Å². The number of carbonyl (C=O) groups excluding carboxylic acids is 2. The molecule has 0 N–H and O–H groups in total. The van der Waals surface area contributed by atoms with Crippen molar-refractivity contribution >= 4 is 12.1 Å². The lowest BCUT2D eigenvalue weighted by Gasteiger charge is -2.15. The molecule has 8 heteroatoms. The molecule has 20 heavy (non-hydrogen) atoms. The molecular weight excluding hydrogens is 270 g/mol. The van der Waals surface area contributed by atoms with Gasteiger partial charge in [-0.05, 0) is 13.3 Å². The van der Waals surface area contributed by atoms with E-state index in [4.69, 9.17) is 9.15 Å². The number of esters is 1. The average Bonchev–Trinajstić information content (AvgIpc) is 2.73. The molecule has 0 aromatic carbocycles. The van der Waals surface area contributed by atoms with Gasteiger partial charge in [0.05, 0.1) is 7.11 Å². The van der Waals surface area contributed by atoms with Crippen LogP contribution in [0.5, 0.6) is 0 Å². The second-order valence-corrected chi connectivity index (χ2v) is 4.09. The molecule has 1 amide bonds. The van der Waals surface area contributed by atoms with Crippen molar-refractivity contribution in [1.82, 2.24) is 4.90 Å². The third-order valence-electron chi connectivity index (χ3n) is 2.58. The Morgan fingerprint density at radius 2 is 2.00 bits per heavy atom. The van der Waals surface area contributed by atoms with Crippen LogP contribution in [0.15, 0.2) is 13.6 Å². The van der Waals surface area contributed by atoms with Gasteiger partial charge in [-0.3, -0.25) is 4.79 Å². The Balaban J connectivity index is 2.33. The molecular formula is C12H17NO7. The van der Waals surface area contributed by atoms with Crippen molar-refractivity contribution < 1.29 is 27.9 Å². The van der Waals surface area contributed by atoms with Crippen LogP contribution in [0.3, 0.4) is 0 Å². The van der Waals surface area contributed by atoms with Gasteiger partial charge in [-0.25, -0.2) is 9.59 Å². The van der Waals surface area contributed by atoms with Crippen molar-refractivity contribution in [3.63, 3.8) is 0 Å². The van der Waals surface area contributed by atoms with Crippen molar-refractivity contribution in [2.24, 2.45) is 0 Å². The van der Waals surface area contributed by atoms with E-state index in [2.05, 4.69) is 9.15 Å². The maximum atomic E-state index is 11.6. The van der Waals surface area contributed by atoms with Gasteiger partial charge in [0.25, 0.3) is 0 Å². The highest BCUT2D eigenvalue weighted by molar-refractivity contribution is 5.69. The first-order valence-electron chi connectivity index (χ1n) is 5.98. The minimum atomic E-state index is -0.833. The van der Waals surface area contributed by atoms with Crippen LogP contribution in [0.1, 0.15) is 24.4 Å². The summed E-state index contributed by atoms with van der Waals surface area (Å²) in [5.74, 6) is -0.718. The van der Waals surface area contributed by atoms with E-state index in [1.807, 2.05) is 0 Å². The molecule has 0 aliphatic heterocycles. The van der Waals surface area contributed by atoms with Crippen LogP contribution >= 0.6 is 0 Å². The van der Waals surface area contributed by atoms with Crippen LogP contribution in [0.2, 0.25) is 0 Å². The van der Waals surface area contributed by atoms with E-state index < -0.39 is 11.9 Å². The Kier molecular flexibility index (Phi) is 5.82. The van der Waals surface area contributed by atoms with Crippen molar-refractivity contribution in [2.75, 3.05) is 20.7 Å². The van der Waals surface area contributed by atoms with Crippen molar-refractivity contribution in [1.29, 1.82) is 0 Å². The van der Waals surface area contributed by atoms with Gasteiger partial charge in [0, 0.05) is 20.0 Å². The van der Waals surface area contributed by atoms with Crippen LogP contribution in [0.25, 0.3) is 0 Å². The largest absolute Gasteiger partial charge is 0.519 e. The molecule has 1 aromatic rings. The molecule has 0 bridgehead atoms. The number of nitrogens with zero attached hydrogens (tertiary/aromatic N) is 1. The fourth-order valence-corrected chi connectivity index (χ4v) is 1.40. The summed E-state index contributed by atoms with van der Waals surface area (Å²) in [5.41, 5.74) is 0. The van der Waals surface area contributed by atoms with Gasteiger partial charge < -0.3 is 23.2 Å². The third kappa shape index (κ3) is 4.79. The second kappa shape index (κ2) is 7.37. The number of rotatable bonds is 6. The zero-order valence-corrected chi connectivity index (χ0v) is 11.6. The number of carbonyl (C=O) groups is 2. The number of hydrogen-bond donors (Lipinski definition) is 0. The third-order valence-corrected chi connectivity index (χ3v) is 2.58. The minimum absolute atomic E-state index is 0.173. The Morgan fingerprint density at radius 1 is 1.30 bits per heavy atom. The molecule has 1 heterocycles. The Bertz CT molecular complexity index is 516. The van der Waals surface area contributed by atoms with Crippen LogP contribution < -0.4 is 5.82 Å². The van der Waals surface area contributed by atoms with E-state index >= 15 is 0 Å². The van der Waals surface area contributed by atoms with Gasteiger partial charge in [-0.1, -0.05) is 0 Å². The molecule has 1 rings (SSSR count). The Hall–Kier alpha value is -2.25. The first-order chi connectivity index (χ1) is 9.43. The molecule has 0 atom stereocenters.